The Bertz CT molecular complexity index is 423. The van der Waals surface area contributed by atoms with E-state index in [9.17, 15) is 13.2 Å². The van der Waals surface area contributed by atoms with Crippen LogP contribution in [0, 0.1) is 35.5 Å². The van der Waals surface area contributed by atoms with Crippen molar-refractivity contribution in [2.75, 3.05) is 0 Å². The molecule has 2 aliphatic carbocycles. The average molecular weight is 312 g/mol. The van der Waals surface area contributed by atoms with Crippen molar-refractivity contribution in [3.63, 3.8) is 0 Å². The first-order valence-electron chi connectivity index (χ1n) is 8.80. The summed E-state index contributed by atoms with van der Waals surface area (Å²) < 4.78 is 37.9. The van der Waals surface area contributed by atoms with E-state index in [4.69, 9.17) is 0 Å². The minimum atomic E-state index is -2.12. The SMILES string of the molecule is CCCC#CC1CCC(C2CCC(C(F)=C(F)F)CC2)CC1. The van der Waals surface area contributed by atoms with Gasteiger partial charge in [0.25, 0.3) is 0 Å². The summed E-state index contributed by atoms with van der Waals surface area (Å²) in [5.41, 5.74) is 0. The van der Waals surface area contributed by atoms with Crippen LogP contribution in [0.2, 0.25) is 0 Å². The van der Waals surface area contributed by atoms with Crippen LogP contribution in [0.4, 0.5) is 13.2 Å². The van der Waals surface area contributed by atoms with Crippen molar-refractivity contribution in [1.29, 1.82) is 0 Å². The second-order valence-corrected chi connectivity index (χ2v) is 6.90. The van der Waals surface area contributed by atoms with Gasteiger partial charge in [-0.1, -0.05) is 12.8 Å². The number of hydrogen-bond acceptors (Lipinski definition) is 0. The molecule has 0 aliphatic heterocycles. The highest BCUT2D eigenvalue weighted by atomic mass is 19.3. The van der Waals surface area contributed by atoms with E-state index in [1.807, 2.05) is 0 Å². The zero-order chi connectivity index (χ0) is 15.9. The molecular formula is C19H27F3. The molecule has 0 amide bonds. The van der Waals surface area contributed by atoms with Gasteiger partial charge in [-0.25, -0.2) is 4.39 Å². The fourth-order valence-corrected chi connectivity index (χ4v) is 4.07. The van der Waals surface area contributed by atoms with Crippen LogP contribution in [0.3, 0.4) is 0 Å². The molecule has 0 N–H and O–H groups in total. The molecular weight excluding hydrogens is 285 g/mol. The van der Waals surface area contributed by atoms with Crippen LogP contribution >= 0.6 is 0 Å². The summed E-state index contributed by atoms with van der Waals surface area (Å²) in [4.78, 5) is 0. The van der Waals surface area contributed by atoms with Crippen molar-refractivity contribution in [2.24, 2.45) is 23.7 Å². The minimum absolute atomic E-state index is 0.530. The zero-order valence-corrected chi connectivity index (χ0v) is 13.5. The molecule has 124 valence electrons. The normalized spacial score (nSPS) is 32.0. The van der Waals surface area contributed by atoms with E-state index in [-0.39, 0.29) is 0 Å². The van der Waals surface area contributed by atoms with Crippen molar-refractivity contribution >= 4 is 0 Å². The monoisotopic (exact) mass is 312 g/mol. The Morgan fingerprint density at radius 3 is 1.91 bits per heavy atom. The molecule has 22 heavy (non-hydrogen) atoms. The van der Waals surface area contributed by atoms with E-state index in [2.05, 4.69) is 18.8 Å². The zero-order valence-electron chi connectivity index (χ0n) is 13.5. The second-order valence-electron chi connectivity index (χ2n) is 6.90. The van der Waals surface area contributed by atoms with Crippen molar-refractivity contribution in [3.8, 4) is 11.8 Å². The largest absolute Gasteiger partial charge is 0.301 e. The van der Waals surface area contributed by atoms with E-state index < -0.39 is 17.8 Å². The smallest absolute Gasteiger partial charge is 0.206 e. The molecule has 0 atom stereocenters. The summed E-state index contributed by atoms with van der Waals surface area (Å²) in [5, 5.41) is 0. The van der Waals surface area contributed by atoms with E-state index in [0.29, 0.717) is 30.6 Å². The molecule has 2 fully saturated rings. The van der Waals surface area contributed by atoms with Crippen LogP contribution in [0.15, 0.2) is 11.9 Å². The van der Waals surface area contributed by atoms with Gasteiger partial charge in [0.1, 0.15) is 0 Å². The fraction of sp³-hybridized carbons (Fsp3) is 0.789. The van der Waals surface area contributed by atoms with E-state index >= 15 is 0 Å². The third-order valence-corrected chi connectivity index (χ3v) is 5.43. The first kappa shape index (κ1) is 17.4. The summed E-state index contributed by atoms with van der Waals surface area (Å²) in [6.07, 6.45) is 7.74. The molecule has 0 saturated heterocycles. The minimum Gasteiger partial charge on any atom is -0.206 e. The van der Waals surface area contributed by atoms with Gasteiger partial charge in [0.2, 0.25) is 0 Å². The van der Waals surface area contributed by atoms with Gasteiger partial charge < -0.3 is 0 Å². The summed E-state index contributed by atoms with van der Waals surface area (Å²) in [6.45, 7) is 2.15. The topological polar surface area (TPSA) is 0 Å². The summed E-state index contributed by atoms with van der Waals surface area (Å²) >= 11 is 0. The van der Waals surface area contributed by atoms with Gasteiger partial charge in [0.15, 0.2) is 5.83 Å². The lowest BCUT2D eigenvalue weighted by Crippen LogP contribution is -2.25. The number of unbranched alkanes of at least 4 members (excludes halogenated alkanes) is 1. The van der Waals surface area contributed by atoms with Gasteiger partial charge in [-0.05, 0) is 69.6 Å². The van der Waals surface area contributed by atoms with Gasteiger partial charge in [0.05, 0.1) is 0 Å². The van der Waals surface area contributed by atoms with E-state index in [1.54, 1.807) is 0 Å². The number of rotatable bonds is 3. The molecule has 2 saturated carbocycles. The highest BCUT2D eigenvalue weighted by Crippen LogP contribution is 2.43. The summed E-state index contributed by atoms with van der Waals surface area (Å²) in [6, 6.07) is 0. The quantitative estimate of drug-likeness (QED) is 0.523. The van der Waals surface area contributed by atoms with Crippen LogP contribution in [0.25, 0.3) is 0 Å². The van der Waals surface area contributed by atoms with Crippen LogP contribution in [0.5, 0.6) is 0 Å². The van der Waals surface area contributed by atoms with Gasteiger partial charge in [-0.15, -0.1) is 5.92 Å². The molecule has 0 aromatic carbocycles. The molecule has 2 aliphatic rings. The maximum Gasteiger partial charge on any atom is 0.301 e. The Hall–Kier alpha value is -0.910. The first-order chi connectivity index (χ1) is 10.6. The van der Waals surface area contributed by atoms with Crippen LogP contribution in [0.1, 0.15) is 71.1 Å². The van der Waals surface area contributed by atoms with Gasteiger partial charge >= 0.3 is 6.08 Å². The number of hydrogen-bond donors (Lipinski definition) is 0. The second kappa shape index (κ2) is 8.65. The lowest BCUT2D eigenvalue weighted by Gasteiger charge is -2.36. The van der Waals surface area contributed by atoms with Crippen LogP contribution in [-0.4, -0.2) is 0 Å². The molecule has 3 heteroatoms. The first-order valence-corrected chi connectivity index (χ1v) is 8.80. The summed E-state index contributed by atoms with van der Waals surface area (Å²) in [7, 11) is 0. The molecule has 0 bridgehead atoms. The van der Waals surface area contributed by atoms with Gasteiger partial charge in [0, 0.05) is 18.3 Å². The maximum atomic E-state index is 13.3. The molecule has 0 unspecified atom stereocenters. The predicted molar refractivity (Wildman–Crippen MR) is 83.9 cm³/mol. The highest BCUT2D eigenvalue weighted by Gasteiger charge is 2.32. The molecule has 0 heterocycles. The van der Waals surface area contributed by atoms with Gasteiger partial charge in [-0.3, -0.25) is 0 Å². The molecule has 0 nitrogen and oxygen atoms in total. The third kappa shape index (κ3) is 4.80. The lowest BCUT2D eigenvalue weighted by atomic mass is 9.69. The maximum absolute atomic E-state index is 13.3. The molecule has 0 radical (unpaired) electrons. The fourth-order valence-electron chi connectivity index (χ4n) is 4.07. The van der Waals surface area contributed by atoms with Gasteiger partial charge in [-0.2, -0.15) is 8.78 Å². The van der Waals surface area contributed by atoms with Crippen molar-refractivity contribution in [2.45, 2.75) is 71.1 Å². The Morgan fingerprint density at radius 1 is 0.864 bits per heavy atom. The van der Waals surface area contributed by atoms with E-state index in [1.165, 1.54) is 25.7 Å². The van der Waals surface area contributed by atoms with Crippen LogP contribution in [-0.2, 0) is 0 Å². The third-order valence-electron chi connectivity index (χ3n) is 5.43. The Labute approximate surface area is 132 Å². The average Bonchev–Trinajstić information content (AvgIpc) is 2.55. The van der Waals surface area contributed by atoms with Crippen molar-refractivity contribution < 1.29 is 13.2 Å². The van der Waals surface area contributed by atoms with Crippen LogP contribution < -0.4 is 0 Å². The Morgan fingerprint density at radius 2 is 1.41 bits per heavy atom. The Balaban J connectivity index is 1.75. The molecule has 0 aromatic heterocycles. The molecule has 0 aromatic rings. The molecule has 0 spiro atoms. The molecule has 2 rings (SSSR count). The number of allylic oxidation sites excluding steroid dienone is 1. The Kier molecular flexibility index (Phi) is 6.86. The van der Waals surface area contributed by atoms with Crippen molar-refractivity contribution in [1.82, 2.24) is 0 Å². The van der Waals surface area contributed by atoms with E-state index in [0.717, 1.165) is 25.7 Å². The number of halogens is 3. The van der Waals surface area contributed by atoms with Crippen molar-refractivity contribution in [3.05, 3.63) is 11.9 Å². The highest BCUT2D eigenvalue weighted by molar-refractivity contribution is 5.05. The predicted octanol–water partition coefficient (Wildman–Crippen LogP) is 6.48. The summed E-state index contributed by atoms with van der Waals surface area (Å²) in [5.74, 6) is 6.83. The lowest BCUT2D eigenvalue weighted by molar-refractivity contribution is 0.155. The standard InChI is InChI=1S/C19H27F3/c1-2-3-4-5-14-6-8-15(9-7-14)16-10-12-17(13-11-16)18(20)19(21)22/h14-17H,2-3,6-13H2,1H3.